The number of amidine groups is 1. The fourth-order valence-corrected chi connectivity index (χ4v) is 8.38. The van der Waals surface area contributed by atoms with E-state index in [2.05, 4.69) is 15.5 Å². The molecule has 3 aliphatic heterocycles. The highest BCUT2D eigenvalue weighted by Crippen LogP contribution is 2.43. The molecule has 45 heavy (non-hydrogen) atoms. The molecule has 0 aromatic heterocycles. The van der Waals surface area contributed by atoms with Gasteiger partial charge in [-0.1, -0.05) is 88.5 Å². The van der Waals surface area contributed by atoms with Crippen LogP contribution in [-0.2, 0) is 14.3 Å². The minimum atomic E-state index is -1.00. The molecule has 4 fully saturated rings. The number of hydrogen-bond donors (Lipinski definition) is 3. The van der Waals surface area contributed by atoms with Gasteiger partial charge in [-0.15, -0.1) is 0 Å². The maximum atomic E-state index is 14.6. The Balaban J connectivity index is 1.27. The summed E-state index contributed by atoms with van der Waals surface area (Å²) >= 11 is 0. The molecule has 10 heteroatoms. The molecule has 2 aliphatic carbocycles. The van der Waals surface area contributed by atoms with Crippen molar-refractivity contribution in [3.05, 3.63) is 41.5 Å². The van der Waals surface area contributed by atoms with E-state index in [0.29, 0.717) is 17.7 Å². The molecule has 1 aromatic carbocycles. The van der Waals surface area contributed by atoms with Crippen molar-refractivity contribution in [3.63, 3.8) is 0 Å². The topological polar surface area (TPSA) is 124 Å². The lowest BCUT2D eigenvalue weighted by Crippen LogP contribution is -2.70. The van der Waals surface area contributed by atoms with Gasteiger partial charge >= 0.3 is 12.0 Å². The lowest BCUT2D eigenvalue weighted by molar-refractivity contribution is -0.140. The van der Waals surface area contributed by atoms with Crippen LogP contribution < -0.4 is 10.6 Å². The predicted octanol–water partition coefficient (Wildman–Crippen LogP) is 4.78. The molecule has 2 atom stereocenters. The normalized spacial score (nSPS) is 25.6. The first kappa shape index (κ1) is 31.7. The smallest absolute Gasteiger partial charge is 0.328 e. The van der Waals surface area contributed by atoms with Crippen molar-refractivity contribution in [1.82, 2.24) is 20.4 Å². The second-order valence-electron chi connectivity index (χ2n) is 13.8. The Morgan fingerprint density at radius 2 is 1.56 bits per heavy atom. The summed E-state index contributed by atoms with van der Waals surface area (Å²) in [7, 11) is 0. The quantitative estimate of drug-likeness (QED) is 0.305. The largest absolute Gasteiger partial charge is 0.478 e. The summed E-state index contributed by atoms with van der Waals surface area (Å²) < 4.78 is 5.63. The number of carbonyl (C=O) groups is 3. The van der Waals surface area contributed by atoms with E-state index in [1.54, 1.807) is 4.90 Å². The Kier molecular flexibility index (Phi) is 10.2. The molecule has 244 valence electrons. The number of carboxylic acids is 1. The van der Waals surface area contributed by atoms with E-state index in [9.17, 15) is 14.4 Å². The lowest BCUT2D eigenvalue weighted by atomic mass is 9.70. The van der Waals surface area contributed by atoms with Gasteiger partial charge in [-0.2, -0.15) is 0 Å². The van der Waals surface area contributed by atoms with Crippen LogP contribution in [0.3, 0.4) is 0 Å². The monoisotopic (exact) mass is 619 g/mol. The highest BCUT2D eigenvalue weighted by molar-refractivity contribution is 6.08. The van der Waals surface area contributed by atoms with E-state index >= 15 is 0 Å². The Morgan fingerprint density at radius 1 is 0.933 bits per heavy atom. The number of ether oxygens (including phenoxy) is 1. The van der Waals surface area contributed by atoms with Crippen molar-refractivity contribution < 1.29 is 24.2 Å². The molecule has 2 saturated carbocycles. The van der Waals surface area contributed by atoms with Crippen LogP contribution in [0.5, 0.6) is 0 Å². The lowest BCUT2D eigenvalue weighted by Gasteiger charge is -2.50. The average molecular weight is 620 g/mol. The number of morpholine rings is 1. The predicted molar refractivity (Wildman–Crippen MR) is 173 cm³/mol. The Labute approximate surface area is 266 Å². The molecule has 0 bridgehead atoms. The van der Waals surface area contributed by atoms with Gasteiger partial charge in [0.2, 0.25) is 0 Å². The fraction of sp³-hybridized carbons (Fsp3) is 0.657. The summed E-state index contributed by atoms with van der Waals surface area (Å²) in [4.78, 5) is 48.5. The fourth-order valence-electron chi connectivity index (χ4n) is 8.38. The number of benzene rings is 1. The van der Waals surface area contributed by atoms with Crippen LogP contribution in [0.2, 0.25) is 0 Å². The number of fused-ring (bicyclic) bond motifs is 1. The number of carboxylic acid groups (broad SMARTS) is 1. The molecule has 2 saturated heterocycles. The third-order valence-electron chi connectivity index (χ3n) is 10.7. The van der Waals surface area contributed by atoms with Crippen LogP contribution in [0.4, 0.5) is 4.79 Å². The van der Waals surface area contributed by atoms with E-state index in [1.807, 2.05) is 24.3 Å². The minimum absolute atomic E-state index is 0.169. The molecule has 5 aliphatic rings. The van der Waals surface area contributed by atoms with E-state index in [-0.39, 0.29) is 11.9 Å². The number of carbonyl (C=O) groups excluding carboxylic acids is 2. The van der Waals surface area contributed by atoms with Crippen molar-refractivity contribution in [3.8, 4) is 0 Å². The minimum Gasteiger partial charge on any atom is -0.478 e. The Hall–Kier alpha value is -3.24. The molecule has 1 aromatic rings. The van der Waals surface area contributed by atoms with Gasteiger partial charge in [0.25, 0.3) is 5.91 Å². The molecule has 10 nitrogen and oxygen atoms in total. The van der Waals surface area contributed by atoms with Gasteiger partial charge in [-0.25, -0.2) is 14.6 Å². The first-order valence-corrected chi connectivity index (χ1v) is 17.2. The third-order valence-corrected chi connectivity index (χ3v) is 10.7. The van der Waals surface area contributed by atoms with Gasteiger partial charge in [0.1, 0.15) is 11.9 Å². The van der Waals surface area contributed by atoms with Crippen LogP contribution >= 0.6 is 0 Å². The standard InChI is InChI=1S/C35H49N5O5/c41-29(42)16-13-25-11-14-28(15-12-25)31-36-30-32(37-31)38-34(44)40(33(30)43)35(23-26-7-3-1-4-8-26,24-27-9-5-2-6-10-27)17-18-39-19-21-45-22-20-39/h11-16,26-27,30,32H,1-10,17-24H2,(H,36,37)(H,38,44)(H,41,42)/b16-13+. The average Bonchev–Trinajstić information content (AvgIpc) is 3.49. The van der Waals surface area contributed by atoms with Gasteiger partial charge in [-0.05, 0) is 42.7 Å². The van der Waals surface area contributed by atoms with E-state index in [1.165, 1.54) is 70.3 Å². The summed E-state index contributed by atoms with van der Waals surface area (Å²) in [6, 6.07) is 6.37. The Morgan fingerprint density at radius 3 is 2.16 bits per heavy atom. The molecular weight excluding hydrogens is 570 g/mol. The van der Waals surface area contributed by atoms with Crippen LogP contribution in [0, 0.1) is 11.8 Å². The number of imide groups is 1. The van der Waals surface area contributed by atoms with Crippen molar-refractivity contribution in [1.29, 1.82) is 0 Å². The zero-order chi connectivity index (χ0) is 31.2. The highest BCUT2D eigenvalue weighted by Gasteiger charge is 2.54. The first-order chi connectivity index (χ1) is 21.9. The summed E-state index contributed by atoms with van der Waals surface area (Å²) in [6.45, 7) is 4.08. The van der Waals surface area contributed by atoms with E-state index in [4.69, 9.17) is 14.8 Å². The molecule has 3 heterocycles. The van der Waals surface area contributed by atoms with Gasteiger partial charge < -0.3 is 20.5 Å². The number of aliphatic carboxylic acids is 1. The van der Waals surface area contributed by atoms with Crippen molar-refractivity contribution in [2.75, 3.05) is 32.8 Å². The second kappa shape index (κ2) is 14.5. The summed E-state index contributed by atoms with van der Waals surface area (Å²) in [5, 5.41) is 15.4. The second-order valence-corrected chi connectivity index (χ2v) is 13.8. The SMILES string of the molecule is O=C(O)/C=C/c1ccc(C2=NC3NC(=O)N(C(CCN4CCOCC4)(CC4CCCCC4)CC4CCCCC4)C(=O)C3N2)cc1. The number of amides is 3. The number of nitrogens with one attached hydrogen (secondary N) is 2. The van der Waals surface area contributed by atoms with Crippen LogP contribution in [0.15, 0.2) is 35.3 Å². The molecule has 2 unspecified atom stereocenters. The van der Waals surface area contributed by atoms with Crippen molar-refractivity contribution >= 4 is 29.8 Å². The van der Waals surface area contributed by atoms with E-state index < -0.39 is 23.7 Å². The van der Waals surface area contributed by atoms with Gasteiger partial charge in [-0.3, -0.25) is 14.6 Å². The van der Waals surface area contributed by atoms with Crippen molar-refractivity contribution in [2.24, 2.45) is 16.8 Å². The first-order valence-electron chi connectivity index (χ1n) is 17.2. The summed E-state index contributed by atoms with van der Waals surface area (Å²) in [5.41, 5.74) is 0.994. The zero-order valence-electron chi connectivity index (χ0n) is 26.4. The highest BCUT2D eigenvalue weighted by atomic mass is 16.5. The van der Waals surface area contributed by atoms with E-state index in [0.717, 1.165) is 69.3 Å². The summed E-state index contributed by atoms with van der Waals surface area (Å²) in [5.74, 6) is 0.423. The molecule has 0 radical (unpaired) electrons. The third kappa shape index (κ3) is 7.60. The molecular formula is C35H49N5O5. The number of aliphatic imine (C=N–C) groups is 1. The van der Waals surface area contributed by atoms with Gasteiger partial charge in [0, 0.05) is 31.3 Å². The maximum Gasteiger partial charge on any atom is 0.328 e. The molecule has 3 amide bonds. The maximum absolute atomic E-state index is 14.6. The van der Waals surface area contributed by atoms with Crippen LogP contribution in [0.1, 0.15) is 94.6 Å². The molecule has 3 N–H and O–H groups in total. The van der Waals surface area contributed by atoms with Crippen LogP contribution in [0.25, 0.3) is 6.08 Å². The molecule has 0 spiro atoms. The molecule has 6 rings (SSSR count). The Bertz CT molecular complexity index is 1240. The number of rotatable bonds is 11. The number of nitrogens with zero attached hydrogens (tertiary/aromatic N) is 3. The van der Waals surface area contributed by atoms with Gasteiger partial charge in [0.15, 0.2) is 6.17 Å². The summed E-state index contributed by atoms with van der Waals surface area (Å²) in [6.07, 6.45) is 16.6. The van der Waals surface area contributed by atoms with Gasteiger partial charge in [0.05, 0.1) is 18.8 Å². The number of urea groups is 1. The number of hydrogen-bond acceptors (Lipinski definition) is 7. The van der Waals surface area contributed by atoms with Crippen LogP contribution in [-0.4, -0.2) is 89.2 Å². The zero-order valence-corrected chi connectivity index (χ0v) is 26.4. The van der Waals surface area contributed by atoms with Crippen molar-refractivity contribution in [2.45, 2.75) is 101 Å².